The first-order chi connectivity index (χ1) is 32.0. The van der Waals surface area contributed by atoms with Crippen molar-refractivity contribution in [1.29, 1.82) is 0 Å². The average Bonchev–Trinajstić information content (AvgIpc) is 3.36. The zero-order chi connectivity index (χ0) is 43.7. The number of anilines is 4. The van der Waals surface area contributed by atoms with Crippen molar-refractivity contribution in [3.63, 3.8) is 0 Å². The van der Waals surface area contributed by atoms with Crippen molar-refractivity contribution in [2.75, 3.05) is 21.7 Å². The number of allylic oxidation sites excluding steroid dienone is 4. The second kappa shape index (κ2) is 16.8. The summed E-state index contributed by atoms with van der Waals surface area (Å²) in [4.78, 5) is 36.0. The van der Waals surface area contributed by atoms with Crippen molar-refractivity contribution in [2.45, 2.75) is 37.5 Å². The van der Waals surface area contributed by atoms with Gasteiger partial charge in [0.2, 0.25) is 11.9 Å². The summed E-state index contributed by atoms with van der Waals surface area (Å²) in [5.74, 6) is 3.23. The lowest BCUT2D eigenvalue weighted by atomic mass is 9.87. The molecule has 3 atom stereocenters. The third-order valence-electron chi connectivity index (χ3n) is 12.5. The van der Waals surface area contributed by atoms with E-state index in [0.717, 1.165) is 51.0 Å². The van der Waals surface area contributed by atoms with Crippen LogP contribution in [0.25, 0.3) is 22.8 Å². The van der Waals surface area contributed by atoms with Crippen LogP contribution in [0.15, 0.2) is 234 Å². The Morgan fingerprint density at radius 1 is 0.569 bits per heavy atom. The molecule has 7 aromatic rings. The van der Waals surface area contributed by atoms with Crippen LogP contribution in [0.5, 0.6) is 0 Å². The minimum absolute atomic E-state index is 0.168. The molecule has 4 aliphatic rings. The van der Waals surface area contributed by atoms with Gasteiger partial charge in [0.1, 0.15) is 0 Å². The fourth-order valence-corrected chi connectivity index (χ4v) is 9.39. The summed E-state index contributed by atoms with van der Waals surface area (Å²) >= 11 is 0. The summed E-state index contributed by atoms with van der Waals surface area (Å²) in [5, 5.41) is 0. The van der Waals surface area contributed by atoms with Crippen molar-refractivity contribution >= 4 is 34.8 Å². The molecule has 3 heterocycles. The van der Waals surface area contributed by atoms with Crippen LogP contribution >= 0.6 is 0 Å². The molecule has 65 heavy (non-hydrogen) atoms. The summed E-state index contributed by atoms with van der Waals surface area (Å²) in [6, 6.07) is 60.5. The molecule has 6 aromatic carbocycles. The maximum atomic E-state index is 5.53. The molecule has 9 heteroatoms. The van der Waals surface area contributed by atoms with Gasteiger partial charge in [-0.15, -0.1) is 0 Å². The largest absolute Gasteiger partial charge is 0.319 e. The van der Waals surface area contributed by atoms with Gasteiger partial charge in [-0.3, -0.25) is 0 Å². The van der Waals surface area contributed by atoms with E-state index in [9.17, 15) is 0 Å². The highest BCUT2D eigenvalue weighted by atomic mass is 15.5. The lowest BCUT2D eigenvalue weighted by Gasteiger charge is -2.49. The monoisotopic (exact) mass is 845 g/mol. The van der Waals surface area contributed by atoms with E-state index in [1.807, 2.05) is 54.6 Å². The number of para-hydroxylation sites is 1. The second-order valence-electron chi connectivity index (χ2n) is 16.9. The number of fused-ring (bicyclic) bond motifs is 6. The van der Waals surface area contributed by atoms with E-state index in [0.29, 0.717) is 36.3 Å². The molecule has 0 saturated heterocycles. The van der Waals surface area contributed by atoms with E-state index >= 15 is 0 Å². The standard InChI is InChI=1S/C56H47N9/c1-56-36-20-35-49(39-56)63(44-29-16-7-17-30-44)45-31-18-32-46(37-45)64(54-59-50(40-21-8-3-9-22-40)57-51(60-54)41-23-10-4-11-24-41)47-33-19-34-48(38-47)65(56)55-61-52(42-25-12-5-13-26-42)58-53(62(55)2)43-27-14-6-15-28-43/h3-36,38,46,53H,37,39H2,1-2H3. The fraction of sp³-hybridized carbons (Fsp3) is 0.125. The molecule has 6 bridgehead atoms. The molecule has 3 unspecified atom stereocenters. The molecule has 2 aliphatic heterocycles. The number of amidine groups is 1. The first-order valence-electron chi connectivity index (χ1n) is 22.2. The van der Waals surface area contributed by atoms with Gasteiger partial charge in [0.15, 0.2) is 23.7 Å². The molecule has 2 aliphatic carbocycles. The topological polar surface area (TPSA) is 76.3 Å². The Labute approximate surface area is 380 Å². The summed E-state index contributed by atoms with van der Waals surface area (Å²) in [7, 11) is 2.11. The third-order valence-corrected chi connectivity index (χ3v) is 12.5. The van der Waals surface area contributed by atoms with Crippen LogP contribution in [0, 0.1) is 0 Å². The van der Waals surface area contributed by atoms with E-state index in [4.69, 9.17) is 24.9 Å². The van der Waals surface area contributed by atoms with Crippen LogP contribution in [0.3, 0.4) is 0 Å². The Morgan fingerprint density at radius 2 is 1.14 bits per heavy atom. The summed E-state index contributed by atoms with van der Waals surface area (Å²) in [6.07, 6.45) is 14.5. The molecular formula is C56H47N9. The van der Waals surface area contributed by atoms with Crippen LogP contribution in [0.4, 0.5) is 23.0 Å². The Balaban J connectivity index is 1.15. The SMILES string of the molecule is CN1C(N2c3cccc(c3)N(c3nc(-c4ccccc4)nc(-c4ccccc4)n3)C3C=CC=C(C3)N(c3ccccc3)C3=CC=CC2(C)C3)=NC(c2ccccc2)=NC1c1ccccc1. The number of guanidine groups is 1. The maximum Gasteiger partial charge on any atom is 0.234 e. The normalized spacial score (nSPS) is 20.2. The van der Waals surface area contributed by atoms with E-state index < -0.39 is 5.54 Å². The predicted molar refractivity (Wildman–Crippen MR) is 264 cm³/mol. The van der Waals surface area contributed by atoms with Gasteiger partial charge < -0.3 is 19.6 Å². The van der Waals surface area contributed by atoms with Crippen molar-refractivity contribution in [3.05, 3.63) is 235 Å². The van der Waals surface area contributed by atoms with Gasteiger partial charge >= 0.3 is 0 Å². The van der Waals surface area contributed by atoms with Gasteiger partial charge in [-0.25, -0.2) is 9.98 Å². The first-order valence-corrected chi connectivity index (χ1v) is 22.2. The van der Waals surface area contributed by atoms with Crippen LogP contribution in [-0.4, -0.2) is 50.3 Å². The molecule has 0 N–H and O–H groups in total. The predicted octanol–water partition coefficient (Wildman–Crippen LogP) is 11.9. The Hall–Kier alpha value is -8.17. The maximum absolute atomic E-state index is 5.53. The number of hydrogen-bond donors (Lipinski definition) is 0. The highest BCUT2D eigenvalue weighted by molar-refractivity contribution is 6.12. The number of benzene rings is 6. The zero-order valence-electron chi connectivity index (χ0n) is 36.3. The number of aromatic nitrogens is 3. The van der Waals surface area contributed by atoms with Crippen LogP contribution < -0.4 is 14.7 Å². The van der Waals surface area contributed by atoms with Crippen molar-refractivity contribution in [2.24, 2.45) is 9.98 Å². The molecule has 0 radical (unpaired) electrons. The number of nitrogens with zero attached hydrogens (tertiary/aromatic N) is 9. The highest BCUT2D eigenvalue weighted by Crippen LogP contribution is 2.44. The van der Waals surface area contributed by atoms with E-state index in [2.05, 4.69) is 191 Å². The van der Waals surface area contributed by atoms with Gasteiger partial charge in [-0.05, 0) is 55.0 Å². The number of rotatable bonds is 6. The Kier molecular flexibility index (Phi) is 10.3. The van der Waals surface area contributed by atoms with Crippen molar-refractivity contribution in [1.82, 2.24) is 19.9 Å². The number of aliphatic imine (C=N–C) groups is 2. The second-order valence-corrected chi connectivity index (χ2v) is 16.9. The van der Waals surface area contributed by atoms with Crippen LogP contribution in [0.2, 0.25) is 0 Å². The van der Waals surface area contributed by atoms with Gasteiger partial charge in [-0.1, -0.05) is 170 Å². The minimum Gasteiger partial charge on any atom is -0.319 e. The molecule has 0 spiro atoms. The number of hydrogen-bond acceptors (Lipinski definition) is 9. The lowest BCUT2D eigenvalue weighted by Crippen LogP contribution is -2.57. The van der Waals surface area contributed by atoms with E-state index in [-0.39, 0.29) is 12.2 Å². The summed E-state index contributed by atoms with van der Waals surface area (Å²) in [6.45, 7) is 2.32. The third kappa shape index (κ3) is 7.61. The quantitative estimate of drug-likeness (QED) is 0.165. The summed E-state index contributed by atoms with van der Waals surface area (Å²) < 4.78 is 0. The van der Waals surface area contributed by atoms with E-state index in [1.54, 1.807) is 0 Å². The average molecular weight is 846 g/mol. The minimum atomic E-state index is -0.605. The van der Waals surface area contributed by atoms with Crippen LogP contribution in [-0.2, 0) is 0 Å². The summed E-state index contributed by atoms with van der Waals surface area (Å²) in [5.41, 5.74) is 8.60. The van der Waals surface area contributed by atoms with Crippen molar-refractivity contribution in [3.8, 4) is 22.8 Å². The molecule has 0 saturated carbocycles. The molecule has 316 valence electrons. The molecule has 1 aromatic heterocycles. The van der Waals surface area contributed by atoms with Gasteiger partial charge in [0, 0.05) is 65.0 Å². The van der Waals surface area contributed by atoms with Crippen molar-refractivity contribution < 1.29 is 0 Å². The molecule has 0 fully saturated rings. The molecular weight excluding hydrogens is 799 g/mol. The van der Waals surface area contributed by atoms with Crippen LogP contribution in [0.1, 0.15) is 37.1 Å². The lowest BCUT2D eigenvalue weighted by molar-refractivity contribution is 0.364. The fourth-order valence-electron chi connectivity index (χ4n) is 9.39. The molecule has 0 amide bonds. The highest BCUT2D eigenvalue weighted by Gasteiger charge is 2.42. The molecule has 11 rings (SSSR count). The van der Waals surface area contributed by atoms with Gasteiger partial charge in [0.25, 0.3) is 0 Å². The first kappa shape index (κ1) is 39.7. The molecule has 9 nitrogen and oxygen atoms in total. The smallest absolute Gasteiger partial charge is 0.234 e. The van der Waals surface area contributed by atoms with E-state index in [1.165, 1.54) is 5.70 Å². The zero-order valence-corrected chi connectivity index (χ0v) is 36.3. The van der Waals surface area contributed by atoms with Gasteiger partial charge in [-0.2, -0.15) is 15.0 Å². The Bertz CT molecular complexity index is 2980. The Morgan fingerprint density at radius 3 is 1.80 bits per heavy atom. The van der Waals surface area contributed by atoms with Gasteiger partial charge in [0.05, 0.1) is 11.6 Å².